The lowest BCUT2D eigenvalue weighted by atomic mass is 10.2. The van der Waals surface area contributed by atoms with Crippen molar-refractivity contribution in [3.8, 4) is 5.95 Å². The van der Waals surface area contributed by atoms with Crippen molar-refractivity contribution >= 4 is 28.2 Å². The van der Waals surface area contributed by atoms with Crippen LogP contribution in [0.1, 0.15) is 23.9 Å². The predicted molar refractivity (Wildman–Crippen MR) is 97.8 cm³/mol. The molecule has 0 bridgehead atoms. The number of anilines is 2. The Labute approximate surface area is 147 Å². The fraction of sp³-hybridized carbons (Fsp3) is 0.250. The minimum absolute atomic E-state index is 0.202. The summed E-state index contributed by atoms with van der Waals surface area (Å²) in [5, 5.41) is 12.4. The molecule has 25 heavy (non-hydrogen) atoms. The van der Waals surface area contributed by atoms with Crippen molar-refractivity contribution in [1.29, 1.82) is 0 Å². The minimum atomic E-state index is -0.396. The van der Waals surface area contributed by atoms with Gasteiger partial charge in [0.2, 0.25) is 5.95 Å². The number of nitrogens with zero attached hydrogens (tertiary/aromatic N) is 3. The summed E-state index contributed by atoms with van der Waals surface area (Å²) < 4.78 is 1.41. The van der Waals surface area contributed by atoms with Gasteiger partial charge < -0.3 is 0 Å². The molecular weight excluding hydrogens is 340 g/mol. The van der Waals surface area contributed by atoms with Gasteiger partial charge in [0, 0.05) is 17.3 Å². The van der Waals surface area contributed by atoms with Crippen LogP contribution in [0.2, 0.25) is 0 Å². The van der Waals surface area contributed by atoms with E-state index >= 15 is 0 Å². The van der Waals surface area contributed by atoms with Crippen molar-refractivity contribution in [1.82, 2.24) is 19.7 Å². The molecule has 3 aromatic rings. The Balaban J connectivity index is 1.91. The number of hydrogen-bond donors (Lipinski definition) is 3. The molecule has 2 amide bonds. The van der Waals surface area contributed by atoms with Crippen molar-refractivity contribution < 1.29 is 4.79 Å². The summed E-state index contributed by atoms with van der Waals surface area (Å²) in [5.41, 5.74) is 1.76. The molecule has 8 nitrogen and oxygen atoms in total. The molecule has 9 heteroatoms. The standard InChI is InChI=1S/C16H18N6O2S/c1-4-11-10(3)17-15(20-14(11)23)22-12(8-9(2)21-22)18-16(24)19-13-6-5-7-25-13/h5-8H,4H2,1-3H3,(H,17,20,23)(H2,18,19,24). The summed E-state index contributed by atoms with van der Waals surface area (Å²) in [4.78, 5) is 31.5. The van der Waals surface area contributed by atoms with Crippen LogP contribution in [0.25, 0.3) is 5.95 Å². The van der Waals surface area contributed by atoms with Gasteiger partial charge in [-0.25, -0.2) is 9.78 Å². The topological polar surface area (TPSA) is 105 Å². The van der Waals surface area contributed by atoms with E-state index in [-0.39, 0.29) is 11.5 Å². The van der Waals surface area contributed by atoms with Crippen molar-refractivity contribution in [3.63, 3.8) is 0 Å². The van der Waals surface area contributed by atoms with Gasteiger partial charge in [-0.1, -0.05) is 6.92 Å². The molecule has 0 fully saturated rings. The number of hydrogen-bond acceptors (Lipinski definition) is 5. The lowest BCUT2D eigenvalue weighted by Gasteiger charge is -2.10. The van der Waals surface area contributed by atoms with E-state index in [4.69, 9.17) is 0 Å². The van der Waals surface area contributed by atoms with Crippen LogP contribution in [0.4, 0.5) is 15.6 Å². The molecule has 0 aromatic carbocycles. The molecule has 0 radical (unpaired) electrons. The number of nitrogens with one attached hydrogen (secondary N) is 3. The highest BCUT2D eigenvalue weighted by atomic mass is 32.1. The first-order valence-electron chi connectivity index (χ1n) is 7.76. The van der Waals surface area contributed by atoms with Crippen LogP contribution >= 0.6 is 11.3 Å². The third-order valence-corrected chi connectivity index (χ3v) is 4.38. The zero-order valence-electron chi connectivity index (χ0n) is 14.1. The Morgan fingerprint density at radius 2 is 2.16 bits per heavy atom. The fourth-order valence-corrected chi connectivity index (χ4v) is 3.08. The summed E-state index contributed by atoms with van der Waals surface area (Å²) in [6.45, 7) is 5.48. The summed E-state index contributed by atoms with van der Waals surface area (Å²) in [7, 11) is 0. The SMILES string of the molecule is CCc1c(C)nc(-n2nc(C)cc2NC(=O)Nc2cccs2)[nH]c1=O. The maximum atomic E-state index is 12.2. The van der Waals surface area contributed by atoms with Crippen LogP contribution in [0.15, 0.2) is 28.4 Å². The third-order valence-electron chi connectivity index (χ3n) is 3.59. The number of rotatable bonds is 4. The third kappa shape index (κ3) is 3.61. The number of thiophene rings is 1. The normalized spacial score (nSPS) is 10.7. The molecule has 130 valence electrons. The molecule has 3 heterocycles. The van der Waals surface area contributed by atoms with Crippen molar-refractivity contribution in [2.75, 3.05) is 10.6 Å². The monoisotopic (exact) mass is 358 g/mol. The first-order valence-corrected chi connectivity index (χ1v) is 8.64. The maximum absolute atomic E-state index is 12.2. The van der Waals surface area contributed by atoms with E-state index in [1.165, 1.54) is 16.0 Å². The first kappa shape index (κ1) is 16.9. The molecule has 0 aliphatic rings. The van der Waals surface area contributed by atoms with E-state index < -0.39 is 6.03 Å². The molecule has 0 atom stereocenters. The lowest BCUT2D eigenvalue weighted by molar-refractivity contribution is 0.262. The second-order valence-electron chi connectivity index (χ2n) is 5.45. The molecule has 0 saturated heterocycles. The Bertz CT molecular complexity index is 958. The highest BCUT2D eigenvalue weighted by Crippen LogP contribution is 2.17. The number of amides is 2. The summed E-state index contributed by atoms with van der Waals surface area (Å²) >= 11 is 1.42. The van der Waals surface area contributed by atoms with Crippen molar-refractivity contribution in [2.24, 2.45) is 0 Å². The van der Waals surface area contributed by atoms with Crippen LogP contribution in [0.3, 0.4) is 0 Å². The highest BCUT2D eigenvalue weighted by molar-refractivity contribution is 7.14. The number of carbonyl (C=O) groups is 1. The molecule has 3 N–H and O–H groups in total. The Morgan fingerprint density at radius 3 is 2.80 bits per heavy atom. The number of H-pyrrole nitrogens is 1. The molecule has 0 aliphatic heterocycles. The molecule has 0 saturated carbocycles. The zero-order chi connectivity index (χ0) is 18.0. The average molecular weight is 358 g/mol. The molecule has 3 aromatic heterocycles. The van der Waals surface area contributed by atoms with Gasteiger partial charge in [-0.05, 0) is 37.8 Å². The van der Waals surface area contributed by atoms with Gasteiger partial charge in [0.1, 0.15) is 5.82 Å². The zero-order valence-corrected chi connectivity index (χ0v) is 14.9. The summed E-state index contributed by atoms with van der Waals surface area (Å²) in [6, 6.07) is 4.96. The van der Waals surface area contributed by atoms with E-state index in [2.05, 4.69) is 25.7 Å². The van der Waals surface area contributed by atoms with Gasteiger partial charge >= 0.3 is 6.03 Å². The number of aryl methyl sites for hydroxylation is 2. The van der Waals surface area contributed by atoms with Gasteiger partial charge in [0.15, 0.2) is 0 Å². The van der Waals surface area contributed by atoms with Crippen LogP contribution in [0, 0.1) is 13.8 Å². The Hall–Kier alpha value is -2.94. The number of carbonyl (C=O) groups excluding carboxylic acids is 1. The van der Waals surface area contributed by atoms with E-state index in [1.807, 2.05) is 18.4 Å². The van der Waals surface area contributed by atoms with Crippen LogP contribution in [-0.2, 0) is 6.42 Å². The summed E-state index contributed by atoms with van der Waals surface area (Å²) in [5.74, 6) is 0.678. The Morgan fingerprint density at radius 1 is 1.36 bits per heavy atom. The Kier molecular flexibility index (Phi) is 4.66. The summed E-state index contributed by atoms with van der Waals surface area (Å²) in [6.07, 6.45) is 0.598. The molecule has 0 aliphatic carbocycles. The number of aromatic amines is 1. The van der Waals surface area contributed by atoms with Crippen LogP contribution in [-0.4, -0.2) is 25.8 Å². The average Bonchev–Trinajstić information content (AvgIpc) is 3.16. The lowest BCUT2D eigenvalue weighted by Crippen LogP contribution is -2.23. The smallest absolute Gasteiger partial charge is 0.299 e. The van der Waals surface area contributed by atoms with Crippen LogP contribution in [0.5, 0.6) is 0 Å². The first-order chi connectivity index (χ1) is 12.0. The predicted octanol–water partition coefficient (Wildman–Crippen LogP) is 2.84. The molecule has 0 spiro atoms. The fourth-order valence-electron chi connectivity index (χ4n) is 2.47. The van der Waals surface area contributed by atoms with E-state index in [0.29, 0.717) is 29.2 Å². The van der Waals surface area contributed by atoms with E-state index in [9.17, 15) is 9.59 Å². The van der Waals surface area contributed by atoms with Gasteiger partial charge in [-0.15, -0.1) is 11.3 Å². The van der Waals surface area contributed by atoms with Crippen molar-refractivity contribution in [2.45, 2.75) is 27.2 Å². The van der Waals surface area contributed by atoms with Crippen LogP contribution < -0.4 is 16.2 Å². The van der Waals surface area contributed by atoms with Crippen molar-refractivity contribution in [3.05, 3.63) is 50.9 Å². The molecule has 3 rings (SSSR count). The van der Waals surface area contributed by atoms with Gasteiger partial charge in [0.05, 0.1) is 10.7 Å². The minimum Gasteiger partial charge on any atom is -0.299 e. The molecular formula is C16H18N6O2S. The number of aromatic nitrogens is 4. The second kappa shape index (κ2) is 6.89. The van der Waals surface area contributed by atoms with Gasteiger partial charge in [0.25, 0.3) is 5.56 Å². The van der Waals surface area contributed by atoms with Gasteiger partial charge in [-0.3, -0.25) is 20.4 Å². The second-order valence-corrected chi connectivity index (χ2v) is 6.39. The molecule has 0 unspecified atom stereocenters. The van der Waals surface area contributed by atoms with E-state index in [0.717, 1.165) is 5.00 Å². The quantitative estimate of drug-likeness (QED) is 0.667. The maximum Gasteiger partial charge on any atom is 0.325 e. The highest BCUT2D eigenvalue weighted by Gasteiger charge is 2.15. The van der Waals surface area contributed by atoms with E-state index in [1.54, 1.807) is 26.0 Å². The largest absolute Gasteiger partial charge is 0.325 e. The van der Waals surface area contributed by atoms with Gasteiger partial charge in [-0.2, -0.15) is 9.78 Å². The number of urea groups is 1.